The molecular formula is C6H10O3P2S2. The van der Waals surface area contributed by atoms with Gasteiger partial charge in [-0.2, -0.15) is 0 Å². The fourth-order valence-corrected chi connectivity index (χ4v) is 0.518. The lowest BCUT2D eigenvalue weighted by atomic mass is 10.1. The van der Waals surface area contributed by atoms with Crippen LogP contribution in [0.3, 0.4) is 0 Å². The van der Waals surface area contributed by atoms with Crippen molar-refractivity contribution in [2.45, 2.75) is 20.3 Å². The normalized spacial score (nSPS) is 11.5. The summed E-state index contributed by atoms with van der Waals surface area (Å²) >= 11 is 8.82. The van der Waals surface area contributed by atoms with Gasteiger partial charge in [0.2, 0.25) is 0 Å². The van der Waals surface area contributed by atoms with Gasteiger partial charge in [-0.3, -0.25) is 4.79 Å². The molecule has 0 bridgehead atoms. The van der Waals surface area contributed by atoms with Crippen LogP contribution in [0.4, 0.5) is 0 Å². The molecule has 0 aliphatic carbocycles. The Morgan fingerprint density at radius 2 is 1.77 bits per heavy atom. The zero-order valence-corrected chi connectivity index (χ0v) is 10.7. The smallest absolute Gasteiger partial charge is 0.306 e. The van der Waals surface area contributed by atoms with Crippen molar-refractivity contribution >= 4 is 49.5 Å². The molecule has 0 rings (SSSR count). The summed E-state index contributed by atoms with van der Waals surface area (Å²) in [5, 5.41) is 8.28. The summed E-state index contributed by atoms with van der Waals surface area (Å²) in [5.74, 6) is -1.53. The van der Waals surface area contributed by atoms with Crippen molar-refractivity contribution in [1.82, 2.24) is 0 Å². The number of carbonyl (C=O) groups excluding carboxylic acids is 1. The van der Waals surface area contributed by atoms with E-state index in [0.29, 0.717) is 0 Å². The molecule has 1 atom stereocenters. The van der Waals surface area contributed by atoms with E-state index in [1.165, 1.54) is 13.8 Å². The Balaban J connectivity index is 0. The first-order valence-electron chi connectivity index (χ1n) is 3.32. The van der Waals surface area contributed by atoms with E-state index < -0.39 is 11.9 Å². The summed E-state index contributed by atoms with van der Waals surface area (Å²) in [6.07, 6.45) is 0.134. The van der Waals surface area contributed by atoms with Gasteiger partial charge < -0.3 is 9.90 Å². The minimum atomic E-state index is -0.912. The quantitative estimate of drug-likeness (QED) is 0.783. The third-order valence-corrected chi connectivity index (χ3v) is 3.72. The van der Waals surface area contributed by atoms with Gasteiger partial charge in [0.1, 0.15) is 5.78 Å². The van der Waals surface area contributed by atoms with E-state index in [1.807, 2.05) is 0 Å². The minimum Gasteiger partial charge on any atom is -0.481 e. The van der Waals surface area contributed by atoms with E-state index in [2.05, 4.69) is 23.6 Å². The largest absolute Gasteiger partial charge is 0.481 e. The van der Waals surface area contributed by atoms with Gasteiger partial charge in [0.05, 0.1) is 5.92 Å². The number of carboxylic acids is 1. The van der Waals surface area contributed by atoms with Crippen LogP contribution in [0, 0.1) is 5.92 Å². The Kier molecular flexibility index (Phi) is 12.3. The molecule has 0 aromatic carbocycles. The Morgan fingerprint density at radius 3 is 1.85 bits per heavy atom. The van der Waals surface area contributed by atoms with Crippen molar-refractivity contribution in [1.29, 1.82) is 0 Å². The zero-order valence-electron chi connectivity index (χ0n) is 7.26. The number of Topliss-reactive ketones (excluding diaryl/α,β-unsaturated/α-hetero) is 1. The molecule has 1 N–H and O–H groups in total. The van der Waals surface area contributed by atoms with E-state index in [1.54, 1.807) is 0 Å². The predicted octanol–water partition coefficient (Wildman–Crippen LogP) is 2.40. The first kappa shape index (κ1) is 15.6. The van der Waals surface area contributed by atoms with Crippen molar-refractivity contribution in [2.24, 2.45) is 5.92 Å². The number of carbonyl (C=O) groups is 2. The summed E-state index contributed by atoms with van der Waals surface area (Å²) in [6, 6.07) is 0. The second-order valence-electron chi connectivity index (χ2n) is 2.31. The van der Waals surface area contributed by atoms with E-state index in [-0.39, 0.29) is 12.2 Å². The lowest BCUT2D eigenvalue weighted by molar-refractivity contribution is -0.142. The molecule has 0 heterocycles. The highest BCUT2D eigenvalue weighted by Crippen LogP contribution is 2.10. The van der Waals surface area contributed by atoms with Crippen LogP contribution in [-0.2, 0) is 33.2 Å². The van der Waals surface area contributed by atoms with E-state index >= 15 is 0 Å². The van der Waals surface area contributed by atoms with Crippen molar-refractivity contribution in [3.63, 3.8) is 0 Å². The summed E-state index contributed by atoms with van der Waals surface area (Å²) < 4.78 is 0. The molecule has 1 unspecified atom stereocenters. The minimum absolute atomic E-state index is 0.0788. The Bertz CT molecular complexity index is 202. The molecule has 74 valence electrons. The van der Waals surface area contributed by atoms with Crippen LogP contribution in [-0.4, -0.2) is 16.9 Å². The van der Waals surface area contributed by atoms with Crippen LogP contribution >= 0.6 is 14.1 Å². The maximum Gasteiger partial charge on any atom is 0.306 e. The molecule has 0 saturated heterocycles. The lowest BCUT2D eigenvalue weighted by Crippen LogP contribution is -2.12. The first-order valence-corrected chi connectivity index (χ1v) is 7.85. The van der Waals surface area contributed by atoms with Gasteiger partial charge in [0.25, 0.3) is 0 Å². The Hall–Kier alpha value is 0.180. The Morgan fingerprint density at radius 1 is 1.38 bits per heavy atom. The van der Waals surface area contributed by atoms with Crippen LogP contribution in [0.25, 0.3) is 0 Å². The van der Waals surface area contributed by atoms with Crippen molar-refractivity contribution in [3.8, 4) is 0 Å². The molecule has 0 aliphatic rings. The molecule has 0 saturated carbocycles. The molecule has 13 heavy (non-hydrogen) atoms. The number of hydrogen-bond acceptors (Lipinski definition) is 4. The van der Waals surface area contributed by atoms with Crippen LogP contribution in [0.15, 0.2) is 0 Å². The number of rotatable bonds is 4. The summed E-state index contributed by atoms with van der Waals surface area (Å²) in [6.45, 7) is 2.91. The zero-order chi connectivity index (χ0) is 10.9. The number of aliphatic carboxylic acids is 1. The average Bonchev–Trinajstić information content (AvgIpc) is 2.03. The third kappa shape index (κ3) is 15.0. The number of hydrogen-bond donors (Lipinski definition) is 1. The highest BCUT2D eigenvalue weighted by atomic mass is 32.7. The second-order valence-corrected chi connectivity index (χ2v) is 6.55. The highest BCUT2D eigenvalue weighted by molar-refractivity contribution is 8.40. The fourth-order valence-electron chi connectivity index (χ4n) is 0.518. The second kappa shape index (κ2) is 10.3. The van der Waals surface area contributed by atoms with E-state index in [0.717, 1.165) is 14.1 Å². The van der Waals surface area contributed by atoms with Gasteiger partial charge in [0, 0.05) is 20.5 Å². The van der Waals surface area contributed by atoms with Gasteiger partial charge in [-0.05, 0) is 30.5 Å². The highest BCUT2D eigenvalue weighted by Gasteiger charge is 2.11. The molecule has 0 spiro atoms. The van der Waals surface area contributed by atoms with Crippen LogP contribution in [0.5, 0.6) is 0 Å². The summed E-state index contributed by atoms with van der Waals surface area (Å²) in [7, 11) is 1.74. The maximum absolute atomic E-state index is 10.3. The predicted molar refractivity (Wildman–Crippen MR) is 60.7 cm³/mol. The SMILES string of the molecule is CC(=O)CC(C)C(=O)O.S=PP=S. The Labute approximate surface area is 90.5 Å². The summed E-state index contributed by atoms with van der Waals surface area (Å²) in [5.41, 5.74) is 0. The molecule has 0 aromatic rings. The van der Waals surface area contributed by atoms with Gasteiger partial charge >= 0.3 is 5.97 Å². The van der Waals surface area contributed by atoms with E-state index in [9.17, 15) is 9.59 Å². The topological polar surface area (TPSA) is 54.4 Å². The van der Waals surface area contributed by atoms with Crippen molar-refractivity contribution in [3.05, 3.63) is 0 Å². The molecule has 0 aliphatic heterocycles. The fraction of sp³-hybridized carbons (Fsp3) is 0.667. The van der Waals surface area contributed by atoms with Gasteiger partial charge in [-0.1, -0.05) is 6.92 Å². The molecule has 3 nitrogen and oxygen atoms in total. The standard InChI is InChI=1S/C6H10O3.P2S2/c1-4(6(8)9)3-5(2)7;3-1-2-4/h4H,3H2,1-2H3,(H,8,9);. The van der Waals surface area contributed by atoms with Gasteiger partial charge in [0.15, 0.2) is 0 Å². The average molecular weight is 256 g/mol. The number of carboxylic acid groups (broad SMARTS) is 1. The molecular weight excluding hydrogens is 246 g/mol. The van der Waals surface area contributed by atoms with E-state index in [4.69, 9.17) is 5.11 Å². The first-order chi connectivity index (χ1) is 5.95. The molecule has 7 heteroatoms. The molecule has 0 radical (unpaired) electrons. The number of ketones is 1. The molecule has 0 aromatic heterocycles. The van der Waals surface area contributed by atoms with Gasteiger partial charge in [-0.25, -0.2) is 0 Å². The van der Waals surface area contributed by atoms with Crippen molar-refractivity contribution in [2.75, 3.05) is 0 Å². The van der Waals surface area contributed by atoms with Crippen LogP contribution < -0.4 is 0 Å². The van der Waals surface area contributed by atoms with Crippen LogP contribution in [0.1, 0.15) is 20.3 Å². The third-order valence-electron chi connectivity index (χ3n) is 1.05. The lowest BCUT2D eigenvalue weighted by Gasteiger charge is -1.99. The monoisotopic (exact) mass is 256 g/mol. The summed E-state index contributed by atoms with van der Waals surface area (Å²) in [4.78, 5) is 20.4. The van der Waals surface area contributed by atoms with Crippen molar-refractivity contribution < 1.29 is 14.7 Å². The maximum atomic E-state index is 10.3. The molecule has 0 fully saturated rings. The molecule has 0 amide bonds. The van der Waals surface area contributed by atoms with Crippen LogP contribution in [0.2, 0.25) is 0 Å². The van der Waals surface area contributed by atoms with Gasteiger partial charge in [-0.15, -0.1) is 0 Å².